The molecule has 26 heavy (non-hydrogen) atoms. The average molecular weight is 351 g/mol. The fraction of sp³-hybridized carbons (Fsp3) is 0.316. The van der Waals surface area contributed by atoms with Crippen LogP contribution in [0.5, 0.6) is 0 Å². The van der Waals surface area contributed by atoms with E-state index in [1.165, 1.54) is 11.3 Å². The number of nitrogens with one attached hydrogen (secondary N) is 2. The quantitative estimate of drug-likeness (QED) is 0.525. The van der Waals surface area contributed by atoms with Crippen molar-refractivity contribution in [2.24, 2.45) is 4.99 Å². The second-order valence-corrected chi connectivity index (χ2v) is 6.16. The highest BCUT2D eigenvalue weighted by molar-refractivity contribution is 5.79. The highest BCUT2D eigenvalue weighted by Gasteiger charge is 2.06. The Morgan fingerprint density at radius 2 is 2.00 bits per heavy atom. The van der Waals surface area contributed by atoms with Crippen LogP contribution in [-0.2, 0) is 13.1 Å². The van der Waals surface area contributed by atoms with Crippen molar-refractivity contribution in [1.82, 2.24) is 25.2 Å². The minimum absolute atomic E-state index is 0.550. The smallest absolute Gasteiger partial charge is 0.191 e. The Kier molecular flexibility index (Phi) is 5.68. The molecule has 3 aromatic rings. The summed E-state index contributed by atoms with van der Waals surface area (Å²) in [6, 6.07) is 14.3. The molecule has 0 aliphatic rings. The number of aliphatic imine (C=N–C) groups is 1. The predicted molar refractivity (Wildman–Crippen MR) is 105 cm³/mol. The number of guanidine groups is 1. The lowest BCUT2D eigenvalue weighted by molar-refractivity contribution is 0.765. The van der Waals surface area contributed by atoms with E-state index < -0.39 is 0 Å². The number of benzene rings is 1. The van der Waals surface area contributed by atoms with E-state index in [4.69, 9.17) is 0 Å². The molecule has 0 atom stereocenters. The Hall–Kier alpha value is -3.09. The summed E-state index contributed by atoms with van der Waals surface area (Å²) in [7, 11) is 4.08. The number of aromatic nitrogens is 3. The molecule has 0 spiro atoms. The molecule has 1 aromatic carbocycles. The molecule has 136 valence electrons. The third-order valence-corrected chi connectivity index (χ3v) is 3.99. The molecular weight excluding hydrogens is 326 g/mol. The standard InChI is InChI=1S/C19H25N7/c1-4-20-19(21-13-15-8-7-9-16(12-15)25(2)3)22-14-18-24-23-17-10-5-6-11-26(17)18/h5-12H,4,13-14H2,1-3H3,(H2,20,21,22). The van der Waals surface area contributed by atoms with Gasteiger partial charge in [0.05, 0.1) is 13.1 Å². The molecular formula is C19H25N7. The van der Waals surface area contributed by atoms with Crippen LogP contribution in [0.1, 0.15) is 18.3 Å². The molecule has 0 fully saturated rings. The second-order valence-electron chi connectivity index (χ2n) is 6.16. The molecule has 7 heteroatoms. The fourth-order valence-corrected chi connectivity index (χ4v) is 2.62. The Bertz CT molecular complexity index is 882. The Morgan fingerprint density at radius 3 is 2.81 bits per heavy atom. The molecule has 0 radical (unpaired) electrons. The number of hydrogen-bond donors (Lipinski definition) is 2. The van der Waals surface area contributed by atoms with Gasteiger partial charge in [0.25, 0.3) is 0 Å². The topological polar surface area (TPSA) is 69.8 Å². The SMILES string of the molecule is CCNC(=NCc1cccc(N(C)C)c1)NCc1nnc2ccccn12. The van der Waals surface area contributed by atoms with Gasteiger partial charge in [-0.15, -0.1) is 10.2 Å². The van der Waals surface area contributed by atoms with E-state index in [2.05, 4.69) is 61.9 Å². The van der Waals surface area contributed by atoms with Gasteiger partial charge in [0.15, 0.2) is 17.4 Å². The number of hydrogen-bond acceptors (Lipinski definition) is 4. The van der Waals surface area contributed by atoms with Gasteiger partial charge < -0.3 is 15.5 Å². The Labute approximate surface area is 153 Å². The van der Waals surface area contributed by atoms with E-state index in [1.807, 2.05) is 42.9 Å². The number of nitrogens with zero attached hydrogens (tertiary/aromatic N) is 5. The van der Waals surface area contributed by atoms with Crippen LogP contribution in [0.15, 0.2) is 53.7 Å². The molecule has 2 N–H and O–H groups in total. The molecule has 0 amide bonds. The maximum atomic E-state index is 4.68. The van der Waals surface area contributed by atoms with Gasteiger partial charge >= 0.3 is 0 Å². The number of anilines is 1. The summed E-state index contributed by atoms with van der Waals surface area (Å²) in [5.74, 6) is 1.61. The first kappa shape index (κ1) is 17.7. The van der Waals surface area contributed by atoms with Crippen LogP contribution >= 0.6 is 0 Å². The summed E-state index contributed by atoms with van der Waals surface area (Å²) in [5, 5.41) is 15.0. The first-order chi connectivity index (χ1) is 12.7. The zero-order chi connectivity index (χ0) is 18.4. The van der Waals surface area contributed by atoms with Gasteiger partial charge in [0.2, 0.25) is 0 Å². The maximum absolute atomic E-state index is 4.68. The molecule has 0 saturated heterocycles. The van der Waals surface area contributed by atoms with Crippen molar-refractivity contribution in [2.45, 2.75) is 20.0 Å². The van der Waals surface area contributed by atoms with Gasteiger partial charge in [-0.25, -0.2) is 4.99 Å². The number of rotatable bonds is 6. The van der Waals surface area contributed by atoms with Crippen molar-refractivity contribution in [1.29, 1.82) is 0 Å². The Morgan fingerprint density at radius 1 is 1.12 bits per heavy atom. The fourth-order valence-electron chi connectivity index (χ4n) is 2.62. The second kappa shape index (κ2) is 8.33. The van der Waals surface area contributed by atoms with Crippen LogP contribution in [0.2, 0.25) is 0 Å². The number of pyridine rings is 1. The van der Waals surface area contributed by atoms with Crippen LogP contribution in [0.25, 0.3) is 5.65 Å². The van der Waals surface area contributed by atoms with Gasteiger partial charge in [-0.2, -0.15) is 0 Å². The van der Waals surface area contributed by atoms with E-state index in [0.717, 1.165) is 24.0 Å². The molecule has 2 heterocycles. The van der Waals surface area contributed by atoms with Crippen molar-refractivity contribution in [3.05, 3.63) is 60.0 Å². The normalized spacial score (nSPS) is 11.6. The van der Waals surface area contributed by atoms with Crippen molar-refractivity contribution in [3.63, 3.8) is 0 Å². The average Bonchev–Trinajstić information content (AvgIpc) is 3.07. The number of fused-ring (bicyclic) bond motifs is 1. The van der Waals surface area contributed by atoms with E-state index in [1.54, 1.807) is 0 Å². The van der Waals surface area contributed by atoms with Crippen LogP contribution in [0, 0.1) is 0 Å². The van der Waals surface area contributed by atoms with Crippen LogP contribution in [0.4, 0.5) is 5.69 Å². The molecule has 0 bridgehead atoms. The highest BCUT2D eigenvalue weighted by atomic mass is 15.3. The van der Waals surface area contributed by atoms with Crippen LogP contribution in [-0.4, -0.2) is 41.2 Å². The van der Waals surface area contributed by atoms with Gasteiger partial charge in [0.1, 0.15) is 0 Å². The van der Waals surface area contributed by atoms with E-state index in [-0.39, 0.29) is 0 Å². The van der Waals surface area contributed by atoms with Gasteiger partial charge in [0, 0.05) is 32.5 Å². The summed E-state index contributed by atoms with van der Waals surface area (Å²) in [4.78, 5) is 6.77. The van der Waals surface area contributed by atoms with Crippen molar-refractivity contribution < 1.29 is 0 Å². The van der Waals surface area contributed by atoms with Crippen LogP contribution < -0.4 is 15.5 Å². The minimum atomic E-state index is 0.550. The van der Waals surface area contributed by atoms with Gasteiger partial charge in [-0.3, -0.25) is 4.40 Å². The summed E-state index contributed by atoms with van der Waals surface area (Å²) in [6.45, 7) is 4.01. The molecule has 0 aliphatic heterocycles. The lowest BCUT2D eigenvalue weighted by atomic mass is 10.2. The predicted octanol–water partition coefficient (Wildman–Crippen LogP) is 2.05. The lowest BCUT2D eigenvalue weighted by Gasteiger charge is -2.14. The molecule has 3 rings (SSSR count). The van der Waals surface area contributed by atoms with E-state index in [0.29, 0.717) is 13.1 Å². The first-order valence-corrected chi connectivity index (χ1v) is 8.74. The zero-order valence-electron chi connectivity index (χ0n) is 15.5. The summed E-state index contributed by atoms with van der Waals surface area (Å²) < 4.78 is 1.97. The van der Waals surface area contributed by atoms with Crippen molar-refractivity contribution >= 4 is 17.3 Å². The molecule has 0 aliphatic carbocycles. The third kappa shape index (κ3) is 4.30. The highest BCUT2D eigenvalue weighted by Crippen LogP contribution is 2.14. The van der Waals surface area contributed by atoms with Crippen molar-refractivity contribution in [3.8, 4) is 0 Å². The maximum Gasteiger partial charge on any atom is 0.191 e. The van der Waals surface area contributed by atoms with Crippen molar-refractivity contribution in [2.75, 3.05) is 25.5 Å². The lowest BCUT2D eigenvalue weighted by Crippen LogP contribution is -2.37. The molecule has 0 saturated carbocycles. The first-order valence-electron chi connectivity index (χ1n) is 8.74. The van der Waals surface area contributed by atoms with E-state index in [9.17, 15) is 0 Å². The summed E-state index contributed by atoms with van der Waals surface area (Å²) in [5.41, 5.74) is 3.18. The third-order valence-electron chi connectivity index (χ3n) is 3.99. The monoisotopic (exact) mass is 351 g/mol. The minimum Gasteiger partial charge on any atom is -0.378 e. The Balaban J connectivity index is 1.68. The molecule has 2 aromatic heterocycles. The van der Waals surface area contributed by atoms with E-state index >= 15 is 0 Å². The van der Waals surface area contributed by atoms with Gasteiger partial charge in [-0.1, -0.05) is 18.2 Å². The summed E-state index contributed by atoms with van der Waals surface area (Å²) >= 11 is 0. The molecule has 7 nitrogen and oxygen atoms in total. The van der Waals surface area contributed by atoms with Crippen LogP contribution in [0.3, 0.4) is 0 Å². The van der Waals surface area contributed by atoms with Gasteiger partial charge in [-0.05, 0) is 36.8 Å². The summed E-state index contributed by atoms with van der Waals surface area (Å²) in [6.07, 6.45) is 1.96. The molecule has 0 unspecified atom stereocenters. The largest absolute Gasteiger partial charge is 0.378 e. The zero-order valence-corrected chi connectivity index (χ0v) is 15.5.